The van der Waals surface area contributed by atoms with E-state index in [2.05, 4.69) is 31.3 Å². The molecule has 1 heterocycles. The van der Waals surface area contributed by atoms with Crippen LogP contribution in [0.1, 0.15) is 65.3 Å². The normalized spacial score (nSPS) is 12.0. The van der Waals surface area contributed by atoms with Crippen LogP contribution in [0.4, 0.5) is 9.59 Å². The first-order chi connectivity index (χ1) is 18.6. The molecule has 0 saturated heterocycles. The Morgan fingerprint density at radius 2 is 1.52 bits per heavy atom. The summed E-state index contributed by atoms with van der Waals surface area (Å²) in [4.78, 5) is 53.2. The molecule has 0 saturated carbocycles. The van der Waals surface area contributed by atoms with Crippen molar-refractivity contribution in [1.82, 2.24) is 30.9 Å². The van der Waals surface area contributed by atoms with E-state index in [0.29, 0.717) is 5.69 Å². The van der Waals surface area contributed by atoms with Crippen LogP contribution in [-0.2, 0) is 36.9 Å². The van der Waals surface area contributed by atoms with Gasteiger partial charge in [0, 0.05) is 0 Å². The van der Waals surface area contributed by atoms with Crippen molar-refractivity contribution in [2.45, 2.75) is 78.3 Å². The van der Waals surface area contributed by atoms with Crippen LogP contribution in [0.15, 0.2) is 41.5 Å². The standard InChI is InChI=1S/C26H37N7O7/c1-25(2,3)39-23(36)29-22(30-24(37)40-26(4,5)6)27-14-18-15-33(32-31-18)16-20(34)28-19(13-21(35)38-7)17-11-9-8-10-12-17/h8-12,15,19H,13-14,16H2,1-7H3,(H,28,34)(H2,27,29,30,36,37)/t19-/m0/s1. The van der Waals surface area contributed by atoms with E-state index in [9.17, 15) is 19.2 Å². The fraction of sp³-hybridized carbons (Fsp3) is 0.500. The number of methoxy groups -OCH3 is 1. The topological polar surface area (TPSA) is 175 Å². The predicted molar refractivity (Wildman–Crippen MR) is 144 cm³/mol. The number of amides is 3. The lowest BCUT2D eigenvalue weighted by atomic mass is 10.0. The number of carbonyl (C=O) groups is 4. The maximum absolute atomic E-state index is 12.7. The van der Waals surface area contributed by atoms with E-state index in [-0.39, 0.29) is 25.5 Å². The smallest absolute Gasteiger partial charge is 0.414 e. The van der Waals surface area contributed by atoms with Gasteiger partial charge in [0.05, 0.1) is 32.3 Å². The van der Waals surface area contributed by atoms with Crippen LogP contribution in [0.25, 0.3) is 0 Å². The van der Waals surface area contributed by atoms with Crippen molar-refractivity contribution in [3.05, 3.63) is 47.8 Å². The highest BCUT2D eigenvalue weighted by Crippen LogP contribution is 2.17. The van der Waals surface area contributed by atoms with Gasteiger partial charge in [0.15, 0.2) is 0 Å². The zero-order chi connectivity index (χ0) is 29.9. The number of aliphatic imine (C=N–C) groups is 1. The molecule has 3 N–H and O–H groups in total. The summed E-state index contributed by atoms with van der Waals surface area (Å²) in [5.41, 5.74) is -0.463. The maximum atomic E-state index is 12.7. The number of alkyl carbamates (subject to hydrolysis) is 2. The van der Waals surface area contributed by atoms with Gasteiger partial charge in [0.1, 0.15) is 23.4 Å². The molecule has 40 heavy (non-hydrogen) atoms. The number of hydrogen-bond acceptors (Lipinski definition) is 10. The lowest BCUT2D eigenvalue weighted by Gasteiger charge is -2.22. The molecule has 0 radical (unpaired) electrons. The number of nitrogens with one attached hydrogen (secondary N) is 3. The van der Waals surface area contributed by atoms with E-state index >= 15 is 0 Å². The molecular weight excluding hydrogens is 522 g/mol. The van der Waals surface area contributed by atoms with Gasteiger partial charge >= 0.3 is 18.2 Å². The molecule has 2 rings (SSSR count). The lowest BCUT2D eigenvalue weighted by Crippen LogP contribution is -2.47. The minimum Gasteiger partial charge on any atom is -0.469 e. The quantitative estimate of drug-likeness (QED) is 0.190. The molecule has 0 fully saturated rings. The first-order valence-electron chi connectivity index (χ1n) is 12.5. The largest absolute Gasteiger partial charge is 0.469 e. The average Bonchev–Trinajstić information content (AvgIpc) is 3.27. The number of rotatable bonds is 8. The third-order valence-electron chi connectivity index (χ3n) is 4.67. The molecule has 1 aromatic heterocycles. The number of nitrogens with zero attached hydrogens (tertiary/aromatic N) is 4. The second kappa shape index (κ2) is 14.1. The minimum absolute atomic E-state index is 0.0400. The van der Waals surface area contributed by atoms with Gasteiger partial charge in [-0.1, -0.05) is 35.5 Å². The van der Waals surface area contributed by atoms with Crippen molar-refractivity contribution in [1.29, 1.82) is 0 Å². The second-order valence-electron chi connectivity index (χ2n) is 10.6. The first-order valence-corrected chi connectivity index (χ1v) is 12.5. The van der Waals surface area contributed by atoms with Crippen LogP contribution >= 0.6 is 0 Å². The molecule has 0 spiro atoms. The average molecular weight is 560 g/mol. The van der Waals surface area contributed by atoms with Crippen molar-refractivity contribution in [2.75, 3.05) is 7.11 Å². The maximum Gasteiger partial charge on any atom is 0.414 e. The number of esters is 1. The summed E-state index contributed by atoms with van der Waals surface area (Å²) in [5, 5.41) is 15.5. The molecule has 1 atom stereocenters. The third-order valence-corrected chi connectivity index (χ3v) is 4.67. The van der Waals surface area contributed by atoms with Gasteiger partial charge in [-0.15, -0.1) is 5.10 Å². The fourth-order valence-electron chi connectivity index (χ4n) is 3.13. The highest BCUT2D eigenvalue weighted by Gasteiger charge is 2.22. The zero-order valence-electron chi connectivity index (χ0n) is 23.8. The molecular formula is C26H37N7O7. The molecule has 218 valence electrons. The number of hydrogen-bond donors (Lipinski definition) is 3. The fourth-order valence-corrected chi connectivity index (χ4v) is 3.13. The predicted octanol–water partition coefficient (Wildman–Crippen LogP) is 2.60. The van der Waals surface area contributed by atoms with E-state index in [1.165, 1.54) is 18.0 Å². The van der Waals surface area contributed by atoms with E-state index in [1.54, 1.807) is 65.8 Å². The van der Waals surface area contributed by atoms with E-state index in [0.717, 1.165) is 5.56 Å². The van der Waals surface area contributed by atoms with Gasteiger partial charge in [0.2, 0.25) is 11.9 Å². The highest BCUT2D eigenvalue weighted by atomic mass is 16.6. The van der Waals surface area contributed by atoms with Gasteiger partial charge in [0.25, 0.3) is 0 Å². The molecule has 0 unspecified atom stereocenters. The Balaban J connectivity index is 2.08. The van der Waals surface area contributed by atoms with Crippen LogP contribution in [0.2, 0.25) is 0 Å². The highest BCUT2D eigenvalue weighted by molar-refractivity contribution is 6.01. The number of benzene rings is 1. The second-order valence-corrected chi connectivity index (χ2v) is 10.6. The van der Waals surface area contributed by atoms with Crippen molar-refractivity contribution < 1.29 is 33.4 Å². The summed E-state index contributed by atoms with van der Waals surface area (Å²) >= 11 is 0. The molecule has 3 amide bonds. The molecule has 0 bridgehead atoms. The summed E-state index contributed by atoms with van der Waals surface area (Å²) in [6.45, 7) is 9.87. The summed E-state index contributed by atoms with van der Waals surface area (Å²) in [5.74, 6) is -1.09. The SMILES string of the molecule is COC(=O)C[C@H](NC(=O)Cn1cc(CN=C(NC(=O)OC(C)(C)C)NC(=O)OC(C)(C)C)nn1)c1ccccc1. The van der Waals surface area contributed by atoms with Gasteiger partial charge in [-0.2, -0.15) is 0 Å². The lowest BCUT2D eigenvalue weighted by molar-refractivity contribution is -0.141. The van der Waals surface area contributed by atoms with Crippen LogP contribution in [0, 0.1) is 0 Å². The Bertz CT molecular complexity index is 1170. The van der Waals surface area contributed by atoms with Crippen molar-refractivity contribution in [2.24, 2.45) is 4.99 Å². The monoisotopic (exact) mass is 559 g/mol. The van der Waals surface area contributed by atoms with Gasteiger partial charge in [-0.25, -0.2) is 19.3 Å². The molecule has 14 nitrogen and oxygen atoms in total. The van der Waals surface area contributed by atoms with E-state index in [1.807, 2.05) is 6.07 Å². The Hall–Kier alpha value is -4.49. The van der Waals surface area contributed by atoms with Crippen LogP contribution in [0.3, 0.4) is 0 Å². The number of carbonyl (C=O) groups excluding carboxylic acids is 4. The van der Waals surface area contributed by atoms with Gasteiger partial charge in [-0.05, 0) is 47.1 Å². The summed E-state index contributed by atoms with van der Waals surface area (Å²) in [6, 6.07) is 8.45. The molecule has 0 aliphatic heterocycles. The zero-order valence-corrected chi connectivity index (χ0v) is 23.8. The molecule has 14 heteroatoms. The Morgan fingerprint density at radius 1 is 0.950 bits per heavy atom. The van der Waals surface area contributed by atoms with Crippen LogP contribution < -0.4 is 16.0 Å². The number of aromatic nitrogens is 3. The Kier molecular flexibility index (Phi) is 11.1. The molecule has 0 aliphatic carbocycles. The number of ether oxygens (including phenoxy) is 3. The molecule has 2 aromatic rings. The summed E-state index contributed by atoms with van der Waals surface area (Å²) in [7, 11) is 1.28. The number of guanidine groups is 1. The van der Waals surface area contributed by atoms with Crippen molar-refractivity contribution >= 4 is 30.0 Å². The van der Waals surface area contributed by atoms with Crippen molar-refractivity contribution in [3.8, 4) is 0 Å². The Morgan fingerprint density at radius 3 is 2.05 bits per heavy atom. The van der Waals surface area contributed by atoms with E-state index < -0.39 is 41.3 Å². The van der Waals surface area contributed by atoms with Crippen molar-refractivity contribution in [3.63, 3.8) is 0 Å². The molecule has 1 aromatic carbocycles. The summed E-state index contributed by atoms with van der Waals surface area (Å²) < 4.78 is 16.5. The van der Waals surface area contributed by atoms with Crippen LogP contribution in [-0.4, -0.2) is 63.3 Å². The minimum atomic E-state index is -0.831. The van der Waals surface area contributed by atoms with Gasteiger partial charge < -0.3 is 19.5 Å². The third kappa shape index (κ3) is 12.4. The summed E-state index contributed by atoms with van der Waals surface area (Å²) in [6.07, 6.45) is -0.216. The van der Waals surface area contributed by atoms with E-state index in [4.69, 9.17) is 14.2 Å². The van der Waals surface area contributed by atoms with Gasteiger partial charge in [-0.3, -0.25) is 20.2 Å². The Labute approximate surface area is 232 Å². The first kappa shape index (κ1) is 31.7. The molecule has 0 aliphatic rings. The van der Waals surface area contributed by atoms with Crippen LogP contribution in [0.5, 0.6) is 0 Å².